The highest BCUT2D eigenvalue weighted by molar-refractivity contribution is 9.10. The standard InChI is InChI=1S/C14H18BrN3/c1-3-13(16)8-11-4-5-12(15)9-14(11)18-7-6-10(2)17-18/h4-7,9,13H,3,8,16H2,1-2H3. The minimum atomic E-state index is 0.196. The van der Waals surface area contributed by atoms with Crippen molar-refractivity contribution in [3.05, 3.63) is 46.2 Å². The van der Waals surface area contributed by atoms with Gasteiger partial charge in [-0.05, 0) is 43.5 Å². The third-order valence-corrected chi connectivity index (χ3v) is 3.52. The van der Waals surface area contributed by atoms with E-state index in [1.165, 1.54) is 5.56 Å². The summed E-state index contributed by atoms with van der Waals surface area (Å²) in [7, 11) is 0. The van der Waals surface area contributed by atoms with Gasteiger partial charge in [0.25, 0.3) is 0 Å². The molecule has 1 heterocycles. The van der Waals surface area contributed by atoms with E-state index in [0.717, 1.165) is 28.7 Å². The summed E-state index contributed by atoms with van der Waals surface area (Å²) in [6.45, 7) is 4.10. The highest BCUT2D eigenvalue weighted by Crippen LogP contribution is 2.21. The first-order valence-corrected chi connectivity index (χ1v) is 6.96. The fourth-order valence-corrected chi connectivity index (χ4v) is 2.25. The van der Waals surface area contributed by atoms with Crippen LogP contribution in [0, 0.1) is 6.92 Å². The maximum atomic E-state index is 6.05. The first kappa shape index (κ1) is 13.3. The maximum Gasteiger partial charge on any atom is 0.0689 e. The normalized spacial score (nSPS) is 12.7. The molecule has 0 fully saturated rings. The quantitative estimate of drug-likeness (QED) is 0.942. The van der Waals surface area contributed by atoms with Crippen LogP contribution in [0.4, 0.5) is 0 Å². The molecule has 2 N–H and O–H groups in total. The largest absolute Gasteiger partial charge is 0.327 e. The van der Waals surface area contributed by atoms with Crippen molar-refractivity contribution in [1.82, 2.24) is 9.78 Å². The Labute approximate surface area is 116 Å². The molecule has 0 saturated carbocycles. The molecule has 1 atom stereocenters. The van der Waals surface area contributed by atoms with E-state index in [-0.39, 0.29) is 6.04 Å². The maximum absolute atomic E-state index is 6.05. The number of halogens is 1. The highest BCUT2D eigenvalue weighted by Gasteiger charge is 2.09. The van der Waals surface area contributed by atoms with Gasteiger partial charge >= 0.3 is 0 Å². The van der Waals surface area contributed by atoms with E-state index in [9.17, 15) is 0 Å². The Balaban J connectivity index is 2.40. The van der Waals surface area contributed by atoms with Crippen LogP contribution in [0.1, 0.15) is 24.6 Å². The Morgan fingerprint density at radius 3 is 2.78 bits per heavy atom. The van der Waals surface area contributed by atoms with E-state index in [2.05, 4.69) is 46.2 Å². The van der Waals surface area contributed by atoms with Gasteiger partial charge < -0.3 is 5.73 Å². The van der Waals surface area contributed by atoms with Crippen molar-refractivity contribution in [3.63, 3.8) is 0 Å². The topological polar surface area (TPSA) is 43.8 Å². The lowest BCUT2D eigenvalue weighted by molar-refractivity contribution is 0.642. The smallest absolute Gasteiger partial charge is 0.0689 e. The van der Waals surface area contributed by atoms with Crippen molar-refractivity contribution >= 4 is 15.9 Å². The number of nitrogens with two attached hydrogens (primary N) is 1. The third kappa shape index (κ3) is 3.00. The number of aryl methyl sites for hydroxylation is 1. The molecule has 2 rings (SSSR count). The second-order valence-corrected chi connectivity index (χ2v) is 5.46. The van der Waals surface area contributed by atoms with E-state index < -0.39 is 0 Å². The van der Waals surface area contributed by atoms with Crippen molar-refractivity contribution in [3.8, 4) is 5.69 Å². The van der Waals surface area contributed by atoms with Gasteiger partial charge in [0.2, 0.25) is 0 Å². The first-order chi connectivity index (χ1) is 8.60. The number of hydrogen-bond donors (Lipinski definition) is 1. The lowest BCUT2D eigenvalue weighted by atomic mass is 10.0. The van der Waals surface area contributed by atoms with Crippen molar-refractivity contribution in [2.24, 2.45) is 5.73 Å². The van der Waals surface area contributed by atoms with Gasteiger partial charge in [-0.15, -0.1) is 0 Å². The predicted molar refractivity (Wildman–Crippen MR) is 78.0 cm³/mol. The molecule has 1 aromatic carbocycles. The molecular formula is C14H18BrN3. The van der Waals surface area contributed by atoms with Gasteiger partial charge in [-0.3, -0.25) is 0 Å². The summed E-state index contributed by atoms with van der Waals surface area (Å²) in [5.41, 5.74) is 9.40. The second-order valence-electron chi connectivity index (χ2n) is 4.55. The zero-order valence-electron chi connectivity index (χ0n) is 10.7. The van der Waals surface area contributed by atoms with Crippen LogP contribution in [-0.2, 0) is 6.42 Å². The van der Waals surface area contributed by atoms with Crippen LogP contribution in [0.15, 0.2) is 34.9 Å². The van der Waals surface area contributed by atoms with Gasteiger partial charge in [0, 0.05) is 16.7 Å². The van der Waals surface area contributed by atoms with E-state index in [1.807, 2.05) is 23.9 Å². The van der Waals surface area contributed by atoms with E-state index in [1.54, 1.807) is 0 Å². The monoisotopic (exact) mass is 307 g/mol. The predicted octanol–water partition coefficient (Wildman–Crippen LogP) is 3.22. The Kier molecular flexibility index (Phi) is 4.19. The van der Waals surface area contributed by atoms with E-state index in [4.69, 9.17) is 5.73 Å². The lowest BCUT2D eigenvalue weighted by Gasteiger charge is -2.14. The molecule has 0 aliphatic rings. The summed E-state index contributed by atoms with van der Waals surface area (Å²) in [5, 5.41) is 4.47. The second kappa shape index (κ2) is 5.67. The molecule has 3 nitrogen and oxygen atoms in total. The Morgan fingerprint density at radius 1 is 1.39 bits per heavy atom. The van der Waals surface area contributed by atoms with Gasteiger partial charge in [-0.25, -0.2) is 4.68 Å². The summed E-state index contributed by atoms with van der Waals surface area (Å²) < 4.78 is 2.97. The van der Waals surface area contributed by atoms with Crippen LogP contribution < -0.4 is 5.73 Å². The van der Waals surface area contributed by atoms with Gasteiger partial charge in [-0.1, -0.05) is 28.9 Å². The van der Waals surface area contributed by atoms with Crippen molar-refractivity contribution in [2.45, 2.75) is 32.7 Å². The molecule has 0 bridgehead atoms. The number of benzene rings is 1. The average Bonchev–Trinajstić information content (AvgIpc) is 2.78. The van der Waals surface area contributed by atoms with E-state index in [0.29, 0.717) is 0 Å². The fourth-order valence-electron chi connectivity index (χ4n) is 1.90. The van der Waals surface area contributed by atoms with Crippen LogP contribution in [0.25, 0.3) is 5.69 Å². The SMILES string of the molecule is CCC(N)Cc1ccc(Br)cc1-n1ccc(C)n1. The summed E-state index contributed by atoms with van der Waals surface area (Å²) in [6, 6.07) is 8.46. The minimum Gasteiger partial charge on any atom is -0.327 e. The summed E-state index contributed by atoms with van der Waals surface area (Å²) in [6.07, 6.45) is 3.84. The van der Waals surface area contributed by atoms with Crippen LogP contribution >= 0.6 is 15.9 Å². The molecule has 0 radical (unpaired) electrons. The van der Waals surface area contributed by atoms with Crippen molar-refractivity contribution in [1.29, 1.82) is 0 Å². The zero-order valence-corrected chi connectivity index (χ0v) is 12.3. The average molecular weight is 308 g/mol. The number of rotatable bonds is 4. The first-order valence-electron chi connectivity index (χ1n) is 6.16. The summed E-state index contributed by atoms with van der Waals surface area (Å²) >= 11 is 3.51. The summed E-state index contributed by atoms with van der Waals surface area (Å²) in [5.74, 6) is 0. The molecule has 0 aliphatic carbocycles. The molecule has 0 amide bonds. The van der Waals surface area contributed by atoms with E-state index >= 15 is 0 Å². The Morgan fingerprint density at radius 2 is 2.17 bits per heavy atom. The van der Waals surface area contributed by atoms with Crippen molar-refractivity contribution < 1.29 is 0 Å². The molecule has 18 heavy (non-hydrogen) atoms. The number of nitrogens with zero attached hydrogens (tertiary/aromatic N) is 2. The van der Waals surface area contributed by atoms with Gasteiger partial charge in [0.15, 0.2) is 0 Å². The molecule has 96 valence electrons. The molecule has 2 aromatic rings. The molecule has 1 aromatic heterocycles. The molecule has 0 spiro atoms. The number of aromatic nitrogens is 2. The minimum absolute atomic E-state index is 0.196. The summed E-state index contributed by atoms with van der Waals surface area (Å²) in [4.78, 5) is 0. The van der Waals surface area contributed by atoms with Crippen LogP contribution in [0.3, 0.4) is 0 Å². The van der Waals surface area contributed by atoms with Gasteiger partial charge in [-0.2, -0.15) is 5.10 Å². The molecule has 0 saturated heterocycles. The zero-order chi connectivity index (χ0) is 13.1. The van der Waals surface area contributed by atoms with Crippen molar-refractivity contribution in [2.75, 3.05) is 0 Å². The lowest BCUT2D eigenvalue weighted by Crippen LogP contribution is -2.22. The number of hydrogen-bond acceptors (Lipinski definition) is 2. The Bertz CT molecular complexity index is 534. The third-order valence-electron chi connectivity index (χ3n) is 3.02. The fraction of sp³-hybridized carbons (Fsp3) is 0.357. The molecular weight excluding hydrogens is 290 g/mol. The molecule has 0 aliphatic heterocycles. The Hall–Kier alpha value is -1.13. The highest BCUT2D eigenvalue weighted by atomic mass is 79.9. The van der Waals surface area contributed by atoms with Gasteiger partial charge in [0.1, 0.15) is 0 Å². The molecule has 1 unspecified atom stereocenters. The van der Waals surface area contributed by atoms with Crippen LogP contribution in [0.2, 0.25) is 0 Å². The van der Waals surface area contributed by atoms with Crippen LogP contribution in [0.5, 0.6) is 0 Å². The van der Waals surface area contributed by atoms with Crippen LogP contribution in [-0.4, -0.2) is 15.8 Å². The van der Waals surface area contributed by atoms with Gasteiger partial charge in [0.05, 0.1) is 11.4 Å². The molecule has 4 heteroatoms.